The second-order valence-corrected chi connectivity index (χ2v) is 24.1. The molecule has 3 atom stereocenters. The smallest absolute Gasteiger partial charge is 0.462 e. The minimum absolute atomic E-state index is 0.172. The average molecular weight is 1130 g/mol. The Balaban J connectivity index is 4.58. The Labute approximate surface area is 480 Å². The summed E-state index contributed by atoms with van der Waals surface area (Å²) in [5, 5.41) is 9.86. The van der Waals surface area contributed by atoms with Gasteiger partial charge in [0, 0.05) is 19.3 Å². The van der Waals surface area contributed by atoms with Gasteiger partial charge in [-0.3, -0.25) is 23.4 Å². The van der Waals surface area contributed by atoms with Gasteiger partial charge in [0.2, 0.25) is 0 Å². The third-order valence-corrected chi connectivity index (χ3v) is 15.8. The molecule has 0 aliphatic rings. The van der Waals surface area contributed by atoms with E-state index in [9.17, 15) is 28.9 Å². The lowest BCUT2D eigenvalue weighted by atomic mass is 10.0. The standard InChI is InChI=1S/C66H125O11P/c1-4-7-10-13-16-19-22-25-27-29-31-33-35-38-41-44-47-50-53-56-65(69)76-62(58-67)60-74-78(71,72)75-61-63(59-73-64(68)55-52-49-46-43-40-37-24-21-18-15-12-9-6-3)77-66(70)57-54-51-48-45-42-39-36-34-32-30-28-26-23-20-17-14-11-8-5-2/h12,15,21,24,62-63,67H,4-11,13-14,16-20,22-23,25-61H2,1-3H3,(H,71,72)/b15-12-,24-21-. The zero-order chi connectivity index (χ0) is 56.9. The van der Waals surface area contributed by atoms with Crippen molar-refractivity contribution < 1.29 is 52.2 Å². The molecule has 0 aromatic heterocycles. The van der Waals surface area contributed by atoms with Crippen molar-refractivity contribution in [2.24, 2.45) is 0 Å². The van der Waals surface area contributed by atoms with E-state index in [0.717, 1.165) is 83.5 Å². The molecular formula is C66H125O11P. The van der Waals surface area contributed by atoms with Crippen molar-refractivity contribution in [2.75, 3.05) is 26.4 Å². The van der Waals surface area contributed by atoms with E-state index in [1.165, 1.54) is 199 Å². The minimum atomic E-state index is -4.75. The molecule has 460 valence electrons. The van der Waals surface area contributed by atoms with Gasteiger partial charge in [-0.15, -0.1) is 0 Å². The topological polar surface area (TPSA) is 155 Å². The Hall–Kier alpha value is -2.04. The fourth-order valence-corrected chi connectivity index (χ4v) is 10.6. The van der Waals surface area contributed by atoms with Crippen LogP contribution in [0.2, 0.25) is 0 Å². The zero-order valence-electron chi connectivity index (χ0n) is 51.2. The van der Waals surface area contributed by atoms with Crippen molar-refractivity contribution in [3.63, 3.8) is 0 Å². The molecule has 3 unspecified atom stereocenters. The first-order valence-electron chi connectivity index (χ1n) is 33.2. The van der Waals surface area contributed by atoms with Gasteiger partial charge in [-0.2, -0.15) is 0 Å². The normalized spacial score (nSPS) is 13.3. The molecule has 12 heteroatoms. The van der Waals surface area contributed by atoms with E-state index in [-0.39, 0.29) is 25.9 Å². The van der Waals surface area contributed by atoms with Crippen LogP contribution >= 0.6 is 7.82 Å². The first kappa shape index (κ1) is 76.0. The predicted octanol–water partition coefficient (Wildman–Crippen LogP) is 20.2. The first-order valence-corrected chi connectivity index (χ1v) is 34.7. The fraction of sp³-hybridized carbons (Fsp3) is 0.894. The summed E-state index contributed by atoms with van der Waals surface area (Å²) in [6, 6.07) is 0. The van der Waals surface area contributed by atoms with Crippen LogP contribution in [-0.4, -0.2) is 66.5 Å². The maximum atomic E-state index is 13.0. The van der Waals surface area contributed by atoms with E-state index in [1.54, 1.807) is 0 Å². The summed E-state index contributed by atoms with van der Waals surface area (Å²) in [5.41, 5.74) is 0. The first-order chi connectivity index (χ1) is 38.2. The molecule has 0 bridgehead atoms. The lowest BCUT2D eigenvalue weighted by Gasteiger charge is -2.21. The zero-order valence-corrected chi connectivity index (χ0v) is 52.1. The van der Waals surface area contributed by atoms with Gasteiger partial charge >= 0.3 is 25.7 Å². The summed E-state index contributed by atoms with van der Waals surface area (Å²) in [4.78, 5) is 48.7. The highest BCUT2D eigenvalue weighted by molar-refractivity contribution is 7.47. The number of phosphoric ester groups is 1. The van der Waals surface area contributed by atoms with Crippen LogP contribution in [-0.2, 0) is 42.2 Å². The van der Waals surface area contributed by atoms with Gasteiger partial charge in [0.05, 0.1) is 19.8 Å². The largest absolute Gasteiger partial charge is 0.472 e. The van der Waals surface area contributed by atoms with E-state index in [0.29, 0.717) is 19.3 Å². The third-order valence-electron chi connectivity index (χ3n) is 14.9. The highest BCUT2D eigenvalue weighted by Gasteiger charge is 2.28. The van der Waals surface area contributed by atoms with Crippen LogP contribution in [0, 0.1) is 0 Å². The van der Waals surface area contributed by atoms with E-state index >= 15 is 0 Å². The molecule has 0 saturated heterocycles. The number of ether oxygens (including phenoxy) is 3. The molecule has 78 heavy (non-hydrogen) atoms. The minimum Gasteiger partial charge on any atom is -0.462 e. The van der Waals surface area contributed by atoms with E-state index < -0.39 is 57.8 Å². The van der Waals surface area contributed by atoms with Crippen molar-refractivity contribution in [1.29, 1.82) is 0 Å². The second-order valence-electron chi connectivity index (χ2n) is 22.7. The van der Waals surface area contributed by atoms with Crippen LogP contribution in [0.5, 0.6) is 0 Å². The van der Waals surface area contributed by atoms with E-state index in [1.807, 2.05) is 0 Å². The molecule has 0 rings (SSSR count). The number of carbonyl (C=O) groups is 3. The van der Waals surface area contributed by atoms with Gasteiger partial charge in [0.1, 0.15) is 12.7 Å². The van der Waals surface area contributed by atoms with Gasteiger partial charge in [-0.1, -0.05) is 302 Å². The third kappa shape index (κ3) is 58.6. The van der Waals surface area contributed by atoms with Crippen LogP contribution in [0.1, 0.15) is 342 Å². The van der Waals surface area contributed by atoms with Gasteiger partial charge in [-0.05, 0) is 44.9 Å². The number of unbranched alkanes of at least 4 members (excludes halogenated alkanes) is 42. The number of aliphatic hydroxyl groups is 1. The molecule has 2 N–H and O–H groups in total. The van der Waals surface area contributed by atoms with Gasteiger partial charge in [-0.25, -0.2) is 4.57 Å². The number of rotatable bonds is 63. The number of carbonyl (C=O) groups excluding carboxylic acids is 3. The number of esters is 3. The van der Waals surface area contributed by atoms with E-state index in [2.05, 4.69) is 45.1 Å². The summed E-state index contributed by atoms with van der Waals surface area (Å²) in [6.45, 7) is 4.66. The Morgan fingerprint density at radius 3 is 1.00 bits per heavy atom. The lowest BCUT2D eigenvalue weighted by Crippen LogP contribution is -2.30. The molecule has 0 aromatic carbocycles. The van der Waals surface area contributed by atoms with Gasteiger partial charge < -0.3 is 24.2 Å². The fourth-order valence-electron chi connectivity index (χ4n) is 9.81. The average Bonchev–Trinajstić information content (AvgIpc) is 3.43. The number of hydrogen-bond donors (Lipinski definition) is 2. The predicted molar refractivity (Wildman–Crippen MR) is 326 cm³/mol. The highest BCUT2D eigenvalue weighted by Crippen LogP contribution is 2.43. The summed E-state index contributed by atoms with van der Waals surface area (Å²) >= 11 is 0. The summed E-state index contributed by atoms with van der Waals surface area (Å²) in [7, 11) is -4.75. The number of allylic oxidation sites excluding steroid dienone is 4. The summed E-state index contributed by atoms with van der Waals surface area (Å²) in [5.74, 6) is -1.45. The molecule has 0 heterocycles. The lowest BCUT2D eigenvalue weighted by molar-refractivity contribution is -0.161. The summed E-state index contributed by atoms with van der Waals surface area (Å²) < 4.78 is 39.7. The maximum absolute atomic E-state index is 13.0. The van der Waals surface area contributed by atoms with Crippen molar-refractivity contribution in [1.82, 2.24) is 0 Å². The molecule has 11 nitrogen and oxygen atoms in total. The van der Waals surface area contributed by atoms with E-state index in [4.69, 9.17) is 23.3 Å². The SMILES string of the molecule is CCC/C=C\C/C=C\CCCCCCCC(=O)OCC(COP(=O)(O)OCC(CO)OC(=O)CCCCCCCCCCCCCCCCCCCCC)OC(=O)CCCCCCCCCCCCCCCCCCCCC. The molecule has 0 aliphatic heterocycles. The number of aliphatic hydroxyl groups excluding tert-OH is 1. The van der Waals surface area contributed by atoms with Crippen molar-refractivity contribution >= 4 is 25.7 Å². The van der Waals surface area contributed by atoms with Gasteiger partial charge in [0.15, 0.2) is 6.10 Å². The Bertz CT molecular complexity index is 1400. The second kappa shape index (κ2) is 61.0. The summed E-state index contributed by atoms with van der Waals surface area (Å²) in [6.07, 6.45) is 64.2. The van der Waals surface area contributed by atoms with Crippen molar-refractivity contribution in [3.05, 3.63) is 24.3 Å². The number of phosphoric acid groups is 1. The maximum Gasteiger partial charge on any atom is 0.472 e. The molecular weight excluding hydrogens is 1000 g/mol. The van der Waals surface area contributed by atoms with Crippen molar-refractivity contribution in [3.8, 4) is 0 Å². The van der Waals surface area contributed by atoms with Crippen LogP contribution in [0.15, 0.2) is 24.3 Å². The number of hydrogen-bond acceptors (Lipinski definition) is 10. The molecule has 0 aromatic rings. The molecule has 0 fully saturated rings. The Morgan fingerprint density at radius 1 is 0.359 bits per heavy atom. The Morgan fingerprint density at radius 2 is 0.654 bits per heavy atom. The van der Waals surface area contributed by atoms with Gasteiger partial charge in [0.25, 0.3) is 0 Å². The van der Waals surface area contributed by atoms with Crippen LogP contribution in [0.3, 0.4) is 0 Å². The molecule has 0 aliphatic carbocycles. The molecule has 0 amide bonds. The van der Waals surface area contributed by atoms with Crippen LogP contribution in [0.4, 0.5) is 0 Å². The molecule has 0 radical (unpaired) electrons. The monoisotopic (exact) mass is 1120 g/mol. The highest BCUT2D eigenvalue weighted by atomic mass is 31.2. The van der Waals surface area contributed by atoms with Crippen LogP contribution in [0.25, 0.3) is 0 Å². The molecule has 0 spiro atoms. The van der Waals surface area contributed by atoms with Crippen molar-refractivity contribution in [2.45, 2.75) is 354 Å². The Kier molecular flexibility index (Phi) is 59.4. The molecule has 0 saturated carbocycles. The quantitative estimate of drug-likeness (QED) is 0.0197. The van der Waals surface area contributed by atoms with Crippen LogP contribution < -0.4 is 0 Å².